The van der Waals surface area contributed by atoms with E-state index in [1.807, 2.05) is 24.3 Å². The maximum Gasteiger partial charge on any atom is 0.309 e. The molecule has 1 aromatic carbocycles. The molecule has 1 aromatic rings. The number of aliphatic hydroxyl groups is 1. The number of ether oxygens (including phenoxy) is 2. The monoisotopic (exact) mass is 345 g/mol. The topological polar surface area (TPSA) is 67.8 Å². The second kappa shape index (κ2) is 6.61. The summed E-state index contributed by atoms with van der Waals surface area (Å²) in [5.74, 6) is 0.737. The van der Waals surface area contributed by atoms with Crippen molar-refractivity contribution in [2.45, 2.75) is 56.8 Å². The van der Waals surface area contributed by atoms with Crippen LogP contribution in [0.3, 0.4) is 0 Å². The fourth-order valence-electron chi connectivity index (χ4n) is 4.60. The SMILES string of the molecule is COc1ccc(C[C@H]2NC[C@H](O)[C@H]2OC(=O)C2CC3(CCC3)C2)cc1. The van der Waals surface area contributed by atoms with Gasteiger partial charge in [-0.1, -0.05) is 18.6 Å². The first-order chi connectivity index (χ1) is 12.1. The zero-order valence-electron chi connectivity index (χ0n) is 14.7. The molecule has 5 nitrogen and oxygen atoms in total. The van der Waals surface area contributed by atoms with E-state index in [1.54, 1.807) is 7.11 Å². The zero-order valence-corrected chi connectivity index (χ0v) is 14.7. The smallest absolute Gasteiger partial charge is 0.309 e. The summed E-state index contributed by atoms with van der Waals surface area (Å²) >= 11 is 0. The van der Waals surface area contributed by atoms with E-state index >= 15 is 0 Å². The van der Waals surface area contributed by atoms with Gasteiger partial charge in [-0.15, -0.1) is 0 Å². The van der Waals surface area contributed by atoms with Crippen LogP contribution in [-0.2, 0) is 16.0 Å². The number of aliphatic hydroxyl groups excluding tert-OH is 1. The van der Waals surface area contributed by atoms with Crippen LogP contribution >= 0.6 is 0 Å². The van der Waals surface area contributed by atoms with Crippen molar-refractivity contribution in [3.05, 3.63) is 29.8 Å². The lowest BCUT2D eigenvalue weighted by molar-refractivity contribution is -0.171. The molecule has 1 spiro atoms. The third kappa shape index (κ3) is 3.27. The molecule has 0 aromatic heterocycles. The Morgan fingerprint density at radius 2 is 2.00 bits per heavy atom. The van der Waals surface area contributed by atoms with Crippen LogP contribution in [0.25, 0.3) is 0 Å². The van der Waals surface area contributed by atoms with Crippen LogP contribution < -0.4 is 10.1 Å². The first kappa shape index (κ1) is 16.9. The maximum atomic E-state index is 12.5. The predicted octanol–water partition coefficient (Wildman–Crippen LogP) is 2.06. The lowest BCUT2D eigenvalue weighted by Crippen LogP contribution is -2.48. The fourth-order valence-corrected chi connectivity index (χ4v) is 4.60. The average Bonchev–Trinajstić information content (AvgIpc) is 2.86. The first-order valence-electron chi connectivity index (χ1n) is 9.33. The van der Waals surface area contributed by atoms with Gasteiger partial charge in [0, 0.05) is 6.54 Å². The second-order valence-corrected chi connectivity index (χ2v) is 7.99. The fraction of sp³-hybridized carbons (Fsp3) is 0.650. The van der Waals surface area contributed by atoms with Gasteiger partial charge in [-0.25, -0.2) is 0 Å². The molecule has 0 unspecified atom stereocenters. The van der Waals surface area contributed by atoms with Crippen LogP contribution in [0.5, 0.6) is 5.75 Å². The number of methoxy groups -OCH3 is 1. The predicted molar refractivity (Wildman–Crippen MR) is 93.4 cm³/mol. The normalized spacial score (nSPS) is 30.6. The number of nitrogens with one attached hydrogen (secondary N) is 1. The van der Waals surface area contributed by atoms with E-state index in [1.165, 1.54) is 19.3 Å². The Morgan fingerprint density at radius 3 is 2.60 bits per heavy atom. The molecule has 3 aliphatic rings. The lowest BCUT2D eigenvalue weighted by atomic mass is 9.52. The maximum absolute atomic E-state index is 12.5. The van der Waals surface area contributed by atoms with Gasteiger partial charge in [0.15, 0.2) is 0 Å². The minimum absolute atomic E-state index is 0.0368. The number of hydrogen-bond donors (Lipinski definition) is 2. The molecular weight excluding hydrogens is 318 g/mol. The number of β-amino-alcohol motifs (C(OH)–C–C–N with tert-alkyl or cyclic N) is 1. The minimum atomic E-state index is -0.634. The summed E-state index contributed by atoms with van der Waals surface area (Å²) in [6, 6.07) is 7.82. The van der Waals surface area contributed by atoms with Crippen molar-refractivity contribution in [3.63, 3.8) is 0 Å². The first-order valence-corrected chi connectivity index (χ1v) is 9.33. The summed E-state index contributed by atoms with van der Waals surface area (Å²) < 4.78 is 10.9. The number of benzene rings is 1. The van der Waals surface area contributed by atoms with Crippen molar-refractivity contribution in [2.75, 3.05) is 13.7 Å². The number of carbonyl (C=O) groups excluding carboxylic acids is 1. The molecule has 136 valence electrons. The van der Waals surface area contributed by atoms with E-state index in [0.29, 0.717) is 18.4 Å². The van der Waals surface area contributed by atoms with Gasteiger partial charge in [-0.3, -0.25) is 4.79 Å². The van der Waals surface area contributed by atoms with Crippen LogP contribution in [0.4, 0.5) is 0 Å². The van der Waals surface area contributed by atoms with Gasteiger partial charge in [-0.05, 0) is 55.2 Å². The van der Waals surface area contributed by atoms with Gasteiger partial charge in [0.1, 0.15) is 18.0 Å². The molecule has 5 heteroatoms. The van der Waals surface area contributed by atoms with Crippen molar-refractivity contribution in [2.24, 2.45) is 11.3 Å². The highest BCUT2D eigenvalue weighted by molar-refractivity contribution is 5.74. The number of esters is 1. The van der Waals surface area contributed by atoms with Crippen molar-refractivity contribution >= 4 is 5.97 Å². The van der Waals surface area contributed by atoms with E-state index in [-0.39, 0.29) is 17.9 Å². The highest BCUT2D eigenvalue weighted by atomic mass is 16.6. The second-order valence-electron chi connectivity index (χ2n) is 7.99. The van der Waals surface area contributed by atoms with Crippen LogP contribution in [0.1, 0.15) is 37.7 Å². The molecule has 2 N–H and O–H groups in total. The quantitative estimate of drug-likeness (QED) is 0.800. The molecule has 3 fully saturated rings. The van der Waals surface area contributed by atoms with Gasteiger partial charge in [0.25, 0.3) is 0 Å². The van der Waals surface area contributed by atoms with Gasteiger partial charge in [0.2, 0.25) is 0 Å². The number of rotatable bonds is 5. The molecule has 0 bridgehead atoms. The summed E-state index contributed by atoms with van der Waals surface area (Å²) in [4.78, 5) is 12.5. The lowest BCUT2D eigenvalue weighted by Gasteiger charge is -2.53. The molecule has 2 aliphatic carbocycles. The Bertz CT molecular complexity index is 617. The zero-order chi connectivity index (χ0) is 17.4. The standard InChI is InChI=1S/C20H27NO4/c1-24-15-5-3-13(4-6-15)9-16-18(17(22)12-21-16)25-19(23)14-10-20(11-14)7-2-8-20/h3-6,14,16-18,21-22H,2,7-12H2,1H3/t16-,17+,18+/m1/s1. The summed E-state index contributed by atoms with van der Waals surface area (Å²) in [7, 11) is 1.65. The Labute approximate surface area is 148 Å². The van der Waals surface area contributed by atoms with Crippen molar-refractivity contribution in [1.29, 1.82) is 0 Å². The largest absolute Gasteiger partial charge is 0.497 e. The summed E-state index contributed by atoms with van der Waals surface area (Å²) in [6.45, 7) is 0.466. The molecular formula is C20H27NO4. The minimum Gasteiger partial charge on any atom is -0.497 e. The van der Waals surface area contributed by atoms with E-state index in [2.05, 4.69) is 5.32 Å². The Hall–Kier alpha value is -1.59. The van der Waals surface area contributed by atoms with Crippen molar-refractivity contribution in [1.82, 2.24) is 5.32 Å². The summed E-state index contributed by atoms with van der Waals surface area (Å²) in [5, 5.41) is 13.5. The van der Waals surface area contributed by atoms with Crippen LogP contribution in [-0.4, -0.2) is 43.0 Å². The molecule has 3 atom stereocenters. The summed E-state index contributed by atoms with van der Waals surface area (Å²) in [6.07, 6.45) is 5.41. The molecule has 0 amide bonds. The highest BCUT2D eigenvalue weighted by Crippen LogP contribution is 2.58. The van der Waals surface area contributed by atoms with Crippen molar-refractivity contribution in [3.8, 4) is 5.75 Å². The molecule has 4 rings (SSSR count). The average molecular weight is 345 g/mol. The van der Waals surface area contributed by atoms with Crippen LogP contribution in [0, 0.1) is 11.3 Å². The van der Waals surface area contributed by atoms with Crippen molar-refractivity contribution < 1.29 is 19.4 Å². The van der Waals surface area contributed by atoms with E-state index in [9.17, 15) is 9.90 Å². The molecule has 25 heavy (non-hydrogen) atoms. The molecule has 2 saturated carbocycles. The number of carbonyl (C=O) groups is 1. The van der Waals surface area contributed by atoms with Gasteiger partial charge in [0.05, 0.1) is 19.1 Å². The highest BCUT2D eigenvalue weighted by Gasteiger charge is 2.52. The van der Waals surface area contributed by atoms with Gasteiger partial charge in [-0.2, -0.15) is 0 Å². The third-order valence-corrected chi connectivity index (χ3v) is 6.34. The molecule has 1 aliphatic heterocycles. The Morgan fingerprint density at radius 1 is 1.28 bits per heavy atom. The molecule has 1 heterocycles. The molecule has 0 radical (unpaired) electrons. The Kier molecular flexibility index (Phi) is 4.46. The van der Waals surface area contributed by atoms with Crippen LogP contribution in [0.2, 0.25) is 0 Å². The van der Waals surface area contributed by atoms with Crippen LogP contribution in [0.15, 0.2) is 24.3 Å². The van der Waals surface area contributed by atoms with E-state index in [4.69, 9.17) is 9.47 Å². The summed E-state index contributed by atoms with van der Waals surface area (Å²) in [5.41, 5.74) is 1.59. The van der Waals surface area contributed by atoms with E-state index < -0.39 is 12.2 Å². The molecule has 1 saturated heterocycles. The number of hydrogen-bond acceptors (Lipinski definition) is 5. The third-order valence-electron chi connectivity index (χ3n) is 6.34. The Balaban J connectivity index is 1.34. The van der Waals surface area contributed by atoms with Gasteiger partial charge < -0.3 is 19.9 Å². The van der Waals surface area contributed by atoms with E-state index in [0.717, 1.165) is 24.2 Å². The van der Waals surface area contributed by atoms with Gasteiger partial charge >= 0.3 is 5.97 Å².